The lowest BCUT2D eigenvalue weighted by Gasteiger charge is -2.40. The highest BCUT2D eigenvalue weighted by Gasteiger charge is 2.35. The van der Waals surface area contributed by atoms with Gasteiger partial charge in [0, 0.05) is 36.9 Å². The molecule has 1 aliphatic rings. The molecule has 1 aromatic carbocycles. The smallest absolute Gasteiger partial charge is 0.273 e. The van der Waals surface area contributed by atoms with Gasteiger partial charge in [-0.3, -0.25) is 14.9 Å². The maximum Gasteiger partial charge on any atom is 0.273 e. The van der Waals surface area contributed by atoms with Crippen molar-refractivity contribution < 1.29 is 14.8 Å². The molecule has 0 spiro atoms. The fraction of sp³-hybridized carbons (Fsp3) is 0.632. The lowest BCUT2D eigenvalue weighted by Crippen LogP contribution is -2.44. The van der Waals surface area contributed by atoms with E-state index in [0.717, 1.165) is 19.3 Å². The van der Waals surface area contributed by atoms with Crippen molar-refractivity contribution in [2.75, 3.05) is 19.7 Å². The predicted molar refractivity (Wildman–Crippen MR) is 96.7 cm³/mol. The summed E-state index contributed by atoms with van der Waals surface area (Å²) >= 11 is 0. The van der Waals surface area contributed by atoms with Gasteiger partial charge >= 0.3 is 0 Å². The summed E-state index contributed by atoms with van der Waals surface area (Å²) < 4.78 is 0. The van der Waals surface area contributed by atoms with Crippen LogP contribution in [-0.2, 0) is 5.41 Å². The van der Waals surface area contributed by atoms with Crippen LogP contribution in [0.15, 0.2) is 18.2 Å². The van der Waals surface area contributed by atoms with E-state index in [1.807, 2.05) is 20.8 Å². The van der Waals surface area contributed by atoms with Crippen molar-refractivity contribution in [3.8, 4) is 0 Å². The molecule has 0 aliphatic carbocycles. The fourth-order valence-electron chi connectivity index (χ4n) is 3.44. The number of rotatable bonds is 4. The topological polar surface area (TPSA) is 83.7 Å². The highest BCUT2D eigenvalue weighted by Crippen LogP contribution is 2.36. The predicted octanol–water partition coefficient (Wildman–Crippen LogP) is 3.52. The second kappa shape index (κ2) is 7.12. The highest BCUT2D eigenvalue weighted by atomic mass is 16.6. The highest BCUT2D eigenvalue weighted by molar-refractivity contribution is 5.95. The number of nitro benzene ring substituents is 1. The van der Waals surface area contributed by atoms with Gasteiger partial charge in [-0.1, -0.05) is 33.8 Å². The SMILES string of the molecule is CCC1(CO)CCN(C(=O)c2ccc(C(C)(C)C)c([N+](=O)[O-])c2)CC1. The normalized spacial score (nSPS) is 17.4. The van der Waals surface area contributed by atoms with Gasteiger partial charge in [0.15, 0.2) is 0 Å². The van der Waals surface area contributed by atoms with E-state index in [4.69, 9.17) is 0 Å². The van der Waals surface area contributed by atoms with Crippen molar-refractivity contribution in [1.29, 1.82) is 0 Å². The van der Waals surface area contributed by atoms with E-state index in [1.54, 1.807) is 17.0 Å². The molecule has 0 unspecified atom stereocenters. The van der Waals surface area contributed by atoms with E-state index in [1.165, 1.54) is 6.07 Å². The first kappa shape index (κ1) is 19.4. The molecule has 0 bridgehead atoms. The third kappa shape index (κ3) is 4.00. The van der Waals surface area contributed by atoms with Crippen LogP contribution in [0.5, 0.6) is 0 Å². The Bertz CT molecular complexity index is 650. The second-order valence-corrected chi connectivity index (χ2v) is 8.04. The van der Waals surface area contributed by atoms with Crippen LogP contribution in [0, 0.1) is 15.5 Å². The summed E-state index contributed by atoms with van der Waals surface area (Å²) in [6, 6.07) is 4.78. The number of aliphatic hydroxyl groups is 1. The number of likely N-dealkylation sites (tertiary alicyclic amines) is 1. The number of carbonyl (C=O) groups excluding carboxylic acids is 1. The molecule has 6 nitrogen and oxygen atoms in total. The van der Waals surface area contributed by atoms with Crippen molar-refractivity contribution in [3.63, 3.8) is 0 Å². The Morgan fingerprint density at radius 1 is 1.32 bits per heavy atom. The summed E-state index contributed by atoms with van der Waals surface area (Å²) in [5.41, 5.74) is 0.509. The van der Waals surface area contributed by atoms with E-state index in [9.17, 15) is 20.0 Å². The van der Waals surface area contributed by atoms with Gasteiger partial charge in [-0.05, 0) is 36.2 Å². The lowest BCUT2D eigenvalue weighted by molar-refractivity contribution is -0.386. The summed E-state index contributed by atoms with van der Waals surface area (Å²) in [5.74, 6) is -0.175. The summed E-state index contributed by atoms with van der Waals surface area (Å²) in [4.78, 5) is 25.5. The maximum absolute atomic E-state index is 12.8. The van der Waals surface area contributed by atoms with Gasteiger partial charge < -0.3 is 10.0 Å². The Morgan fingerprint density at radius 3 is 2.36 bits per heavy atom. The van der Waals surface area contributed by atoms with Crippen molar-refractivity contribution in [3.05, 3.63) is 39.4 Å². The van der Waals surface area contributed by atoms with Gasteiger partial charge in [0.25, 0.3) is 11.6 Å². The molecule has 1 aromatic rings. The third-order valence-corrected chi connectivity index (χ3v) is 5.45. The summed E-state index contributed by atoms with van der Waals surface area (Å²) in [7, 11) is 0. The Morgan fingerprint density at radius 2 is 1.92 bits per heavy atom. The average Bonchev–Trinajstić information content (AvgIpc) is 2.59. The van der Waals surface area contributed by atoms with E-state index in [0.29, 0.717) is 24.2 Å². The van der Waals surface area contributed by atoms with Crippen LogP contribution in [0.4, 0.5) is 5.69 Å². The number of hydrogen-bond donors (Lipinski definition) is 1. The molecule has 1 amide bonds. The molecule has 1 saturated heterocycles. The molecule has 0 saturated carbocycles. The number of hydrogen-bond acceptors (Lipinski definition) is 4. The minimum atomic E-state index is -0.415. The van der Waals surface area contributed by atoms with Crippen LogP contribution in [0.3, 0.4) is 0 Å². The minimum absolute atomic E-state index is 0.00590. The number of carbonyl (C=O) groups is 1. The fourth-order valence-corrected chi connectivity index (χ4v) is 3.44. The van der Waals surface area contributed by atoms with Gasteiger partial charge in [0.1, 0.15) is 0 Å². The number of aliphatic hydroxyl groups excluding tert-OH is 1. The second-order valence-electron chi connectivity index (χ2n) is 8.04. The van der Waals surface area contributed by atoms with Crippen molar-refractivity contribution in [2.45, 2.75) is 52.4 Å². The van der Waals surface area contributed by atoms with Crippen molar-refractivity contribution in [1.82, 2.24) is 4.90 Å². The average molecular weight is 348 g/mol. The zero-order valence-corrected chi connectivity index (χ0v) is 15.5. The molecule has 25 heavy (non-hydrogen) atoms. The van der Waals surface area contributed by atoms with Crippen LogP contribution in [0.25, 0.3) is 0 Å². The molecule has 1 aliphatic heterocycles. The number of benzene rings is 1. The zero-order valence-electron chi connectivity index (χ0n) is 15.5. The Balaban J connectivity index is 2.24. The first-order valence-electron chi connectivity index (χ1n) is 8.82. The van der Waals surface area contributed by atoms with Crippen LogP contribution in [0.1, 0.15) is 62.9 Å². The Hall–Kier alpha value is -1.95. The molecule has 1 heterocycles. The Kier molecular flexibility index (Phi) is 5.52. The van der Waals surface area contributed by atoms with Crippen LogP contribution >= 0.6 is 0 Å². The van der Waals surface area contributed by atoms with Crippen LogP contribution in [-0.4, -0.2) is 40.5 Å². The largest absolute Gasteiger partial charge is 0.396 e. The molecule has 0 aromatic heterocycles. The molecular weight excluding hydrogens is 320 g/mol. The van der Waals surface area contributed by atoms with Gasteiger partial charge in [-0.2, -0.15) is 0 Å². The minimum Gasteiger partial charge on any atom is -0.396 e. The summed E-state index contributed by atoms with van der Waals surface area (Å²) in [6.07, 6.45) is 2.40. The van der Waals surface area contributed by atoms with Gasteiger partial charge in [0.05, 0.1) is 4.92 Å². The van der Waals surface area contributed by atoms with Crippen molar-refractivity contribution >= 4 is 11.6 Å². The summed E-state index contributed by atoms with van der Waals surface area (Å²) in [5, 5.41) is 21.0. The van der Waals surface area contributed by atoms with E-state index >= 15 is 0 Å². The van der Waals surface area contributed by atoms with Gasteiger partial charge in [-0.15, -0.1) is 0 Å². The molecule has 2 rings (SSSR count). The maximum atomic E-state index is 12.8. The standard InChI is InChI=1S/C19H28N2O4/c1-5-19(13-22)8-10-20(11-9-19)17(23)14-6-7-15(18(2,3)4)16(12-14)21(24)25/h6-7,12,22H,5,8-11,13H2,1-4H3. The van der Waals surface area contributed by atoms with E-state index in [2.05, 4.69) is 6.92 Å². The molecule has 1 fully saturated rings. The Labute approximate surface area is 149 Å². The first-order valence-corrected chi connectivity index (χ1v) is 8.82. The summed E-state index contributed by atoms with van der Waals surface area (Å²) in [6.45, 7) is 9.09. The number of amides is 1. The monoisotopic (exact) mass is 348 g/mol. The third-order valence-electron chi connectivity index (χ3n) is 5.45. The van der Waals surface area contributed by atoms with Crippen LogP contribution < -0.4 is 0 Å². The molecule has 0 atom stereocenters. The molecule has 0 radical (unpaired) electrons. The number of nitro groups is 1. The van der Waals surface area contributed by atoms with Gasteiger partial charge in [-0.25, -0.2) is 0 Å². The van der Waals surface area contributed by atoms with E-state index < -0.39 is 4.92 Å². The first-order chi connectivity index (χ1) is 11.6. The molecule has 138 valence electrons. The number of piperidine rings is 1. The zero-order chi connectivity index (χ0) is 18.8. The van der Waals surface area contributed by atoms with Crippen molar-refractivity contribution in [2.24, 2.45) is 5.41 Å². The molecule has 6 heteroatoms. The van der Waals surface area contributed by atoms with E-state index in [-0.39, 0.29) is 29.0 Å². The number of nitrogens with zero attached hydrogens (tertiary/aromatic N) is 2. The van der Waals surface area contributed by atoms with Gasteiger partial charge in [0.2, 0.25) is 0 Å². The van der Waals surface area contributed by atoms with Crippen LogP contribution in [0.2, 0.25) is 0 Å². The lowest BCUT2D eigenvalue weighted by atomic mass is 9.77. The molecular formula is C19H28N2O4. The molecule has 1 N–H and O–H groups in total. The quantitative estimate of drug-likeness (QED) is 0.666.